The van der Waals surface area contributed by atoms with Gasteiger partial charge in [-0.1, -0.05) is 12.1 Å². The molecule has 180 valence electrons. The van der Waals surface area contributed by atoms with E-state index in [1.54, 1.807) is 0 Å². The van der Waals surface area contributed by atoms with Crippen LogP contribution in [0.15, 0.2) is 35.7 Å². The molecule has 1 atom stereocenters. The molecule has 1 heterocycles. The Morgan fingerprint density at radius 3 is 2.55 bits per heavy atom. The van der Waals surface area contributed by atoms with Gasteiger partial charge in [-0.3, -0.25) is 24.7 Å². The molecule has 1 aliphatic rings. The second kappa shape index (κ2) is 10.3. The van der Waals surface area contributed by atoms with E-state index in [0.717, 1.165) is 21.9 Å². The third-order valence-electron chi connectivity index (χ3n) is 4.48. The van der Waals surface area contributed by atoms with Gasteiger partial charge in [0.05, 0.1) is 11.5 Å². The lowest BCUT2D eigenvalue weighted by Gasteiger charge is -2.35. The van der Waals surface area contributed by atoms with E-state index in [1.165, 1.54) is 39.1 Å². The van der Waals surface area contributed by atoms with Crippen LogP contribution in [0.2, 0.25) is 0 Å². The van der Waals surface area contributed by atoms with Gasteiger partial charge in [-0.05, 0) is 42.7 Å². The summed E-state index contributed by atoms with van der Waals surface area (Å²) in [5.41, 5.74) is -0.274. The summed E-state index contributed by atoms with van der Waals surface area (Å²) in [7, 11) is 1.25. The number of aliphatic hydroxyl groups excluding tert-OH is 1. The molecular formula is C20H22F3N3O7. The molecule has 1 aromatic carbocycles. The Kier molecular flexibility index (Phi) is 8.03. The average molecular weight is 473 g/mol. The summed E-state index contributed by atoms with van der Waals surface area (Å²) in [5, 5.41) is 22.1. The van der Waals surface area contributed by atoms with E-state index >= 15 is 0 Å². The van der Waals surface area contributed by atoms with Crippen molar-refractivity contribution >= 4 is 18.1 Å². The Bertz CT molecular complexity index is 992. The number of esters is 1. The number of urea groups is 1. The molecule has 33 heavy (non-hydrogen) atoms. The molecule has 2 rings (SSSR count). The first kappa shape index (κ1) is 25.6. The monoisotopic (exact) mass is 473 g/mol. The number of hydrogen-bond acceptors (Lipinski definition) is 7. The van der Waals surface area contributed by atoms with Gasteiger partial charge in [-0.25, -0.2) is 4.79 Å². The van der Waals surface area contributed by atoms with Gasteiger partial charge in [-0.15, -0.1) is 13.2 Å². The Morgan fingerprint density at radius 1 is 1.30 bits per heavy atom. The minimum atomic E-state index is -4.89. The van der Waals surface area contributed by atoms with Crippen molar-refractivity contribution in [3.05, 3.63) is 56.9 Å². The topological polar surface area (TPSA) is 122 Å². The third kappa shape index (κ3) is 6.94. The number of allylic oxidation sites excluding steroid dienone is 1. The van der Waals surface area contributed by atoms with Crippen LogP contribution in [-0.4, -0.2) is 64.6 Å². The number of hydrogen-bond donors (Lipinski definition) is 1. The zero-order valence-electron chi connectivity index (χ0n) is 18.0. The van der Waals surface area contributed by atoms with Crippen LogP contribution in [0.5, 0.6) is 5.75 Å². The molecular weight excluding hydrogens is 451 g/mol. The van der Waals surface area contributed by atoms with Gasteiger partial charge in [0.2, 0.25) is 6.23 Å². The highest BCUT2D eigenvalue weighted by atomic mass is 19.4. The molecule has 2 amide bonds. The van der Waals surface area contributed by atoms with E-state index in [2.05, 4.69) is 4.74 Å². The van der Waals surface area contributed by atoms with E-state index in [4.69, 9.17) is 4.74 Å². The molecule has 0 radical (unpaired) electrons. The largest absolute Gasteiger partial charge is 0.573 e. The first-order valence-electron chi connectivity index (χ1n) is 9.60. The third-order valence-corrected chi connectivity index (χ3v) is 4.48. The van der Waals surface area contributed by atoms with Crippen molar-refractivity contribution in [3.63, 3.8) is 0 Å². The first-order chi connectivity index (χ1) is 15.3. The number of aryl methyl sites for hydroxylation is 1. The molecule has 0 spiro atoms. The number of amides is 2. The minimum absolute atomic E-state index is 0.0461. The van der Waals surface area contributed by atoms with E-state index in [9.17, 15) is 38.0 Å². The highest BCUT2D eigenvalue weighted by molar-refractivity contribution is 5.79. The number of alkyl halides is 3. The summed E-state index contributed by atoms with van der Waals surface area (Å²) in [6, 6.07) is 3.00. The Labute approximate surface area is 186 Å². The van der Waals surface area contributed by atoms with Crippen molar-refractivity contribution in [3.8, 4) is 5.75 Å². The summed E-state index contributed by atoms with van der Waals surface area (Å²) < 4.78 is 46.2. The van der Waals surface area contributed by atoms with E-state index in [-0.39, 0.29) is 30.8 Å². The smallest absolute Gasteiger partial charge is 0.466 e. The van der Waals surface area contributed by atoms with E-state index < -0.39 is 41.0 Å². The van der Waals surface area contributed by atoms with Crippen LogP contribution in [0.1, 0.15) is 24.5 Å². The van der Waals surface area contributed by atoms with Gasteiger partial charge in [0, 0.05) is 20.5 Å². The Hall–Kier alpha value is -3.61. The summed E-state index contributed by atoms with van der Waals surface area (Å²) in [4.78, 5) is 36.1. The number of likely N-dealkylation sites (N-methyl/N-ethyl adjacent to an activating group) is 1. The quantitative estimate of drug-likeness (QED) is 0.267. The van der Waals surface area contributed by atoms with E-state index in [0.29, 0.717) is 5.56 Å². The predicted octanol–water partition coefficient (Wildman–Crippen LogP) is 3.03. The number of nitro groups is 1. The number of aliphatic hydroxyl groups is 1. The molecule has 0 saturated carbocycles. The maximum Gasteiger partial charge on any atom is 0.573 e. The Balaban J connectivity index is 2.34. The Morgan fingerprint density at radius 2 is 1.97 bits per heavy atom. The number of carbonyl (C=O) groups excluding carboxylic acids is 2. The normalized spacial score (nSPS) is 17.1. The predicted molar refractivity (Wildman–Crippen MR) is 108 cm³/mol. The molecule has 1 N–H and O–H groups in total. The van der Waals surface area contributed by atoms with Crippen molar-refractivity contribution in [1.82, 2.24) is 9.80 Å². The van der Waals surface area contributed by atoms with Crippen molar-refractivity contribution in [2.24, 2.45) is 0 Å². The lowest BCUT2D eigenvalue weighted by molar-refractivity contribution is -0.443. The zero-order chi connectivity index (χ0) is 24.9. The number of nitrogens with zero attached hydrogens (tertiary/aromatic N) is 3. The summed E-state index contributed by atoms with van der Waals surface area (Å²) >= 11 is 0. The van der Waals surface area contributed by atoms with Crippen LogP contribution in [0, 0.1) is 17.0 Å². The zero-order valence-corrected chi connectivity index (χ0v) is 18.0. The number of rotatable bonds is 8. The van der Waals surface area contributed by atoms with Crippen molar-refractivity contribution in [2.75, 3.05) is 20.2 Å². The highest BCUT2D eigenvalue weighted by Crippen LogP contribution is 2.28. The van der Waals surface area contributed by atoms with Crippen LogP contribution in [0.25, 0.3) is 6.08 Å². The number of halogens is 3. The lowest BCUT2D eigenvalue weighted by Crippen LogP contribution is -2.53. The van der Waals surface area contributed by atoms with Crippen molar-refractivity contribution in [2.45, 2.75) is 32.9 Å². The number of ether oxygens (including phenoxy) is 2. The molecule has 13 heteroatoms. The summed E-state index contributed by atoms with van der Waals surface area (Å²) in [6.45, 7) is 2.57. The molecule has 0 aromatic heterocycles. The van der Waals surface area contributed by atoms with Gasteiger partial charge in [0.15, 0.2) is 0 Å². The van der Waals surface area contributed by atoms with Gasteiger partial charge in [0.1, 0.15) is 11.4 Å². The maximum atomic E-state index is 12.7. The van der Waals surface area contributed by atoms with E-state index in [1.807, 2.05) is 0 Å². The standard InChI is InChI=1S/C20H22F3N3O7/c1-12-9-14(11-15(10-12)33-20(21,22)23)5-6-16-17(26(30)31)18(28)25(19(29)24(16)3)7-4-8-32-13(2)27/h5-6,9-11,18,28H,4,7-8H2,1-3H3/b6-5+. The van der Waals surface area contributed by atoms with Crippen molar-refractivity contribution < 1.29 is 42.3 Å². The fraction of sp³-hybridized carbons (Fsp3) is 0.400. The second-order valence-corrected chi connectivity index (χ2v) is 7.09. The minimum Gasteiger partial charge on any atom is -0.466 e. The van der Waals surface area contributed by atoms with Gasteiger partial charge < -0.3 is 14.6 Å². The highest BCUT2D eigenvalue weighted by Gasteiger charge is 2.42. The second-order valence-electron chi connectivity index (χ2n) is 7.09. The van der Waals surface area contributed by atoms with Crippen LogP contribution in [-0.2, 0) is 9.53 Å². The maximum absolute atomic E-state index is 12.7. The molecule has 1 aliphatic heterocycles. The molecule has 0 aliphatic carbocycles. The number of carbonyl (C=O) groups is 2. The fourth-order valence-corrected chi connectivity index (χ4v) is 3.15. The van der Waals surface area contributed by atoms with Gasteiger partial charge in [0.25, 0.3) is 0 Å². The molecule has 0 saturated heterocycles. The van der Waals surface area contributed by atoms with Crippen molar-refractivity contribution in [1.29, 1.82) is 0 Å². The molecule has 1 aromatic rings. The molecule has 1 unspecified atom stereocenters. The summed E-state index contributed by atoms with van der Waals surface area (Å²) in [5.74, 6) is -1.01. The van der Waals surface area contributed by atoms with Gasteiger partial charge in [-0.2, -0.15) is 0 Å². The first-order valence-corrected chi connectivity index (χ1v) is 9.60. The molecule has 0 bridgehead atoms. The average Bonchev–Trinajstić information content (AvgIpc) is 2.66. The lowest BCUT2D eigenvalue weighted by atomic mass is 10.1. The molecule has 10 nitrogen and oxygen atoms in total. The van der Waals surface area contributed by atoms with Crippen LogP contribution >= 0.6 is 0 Å². The van der Waals surface area contributed by atoms with Crippen LogP contribution in [0.3, 0.4) is 0 Å². The van der Waals surface area contributed by atoms with Crippen LogP contribution < -0.4 is 4.74 Å². The molecule has 0 fully saturated rings. The SMILES string of the molecule is CC(=O)OCCCN1C(=O)N(C)C(/C=C/c2cc(C)cc(OC(F)(F)F)c2)=C([N+](=O)[O-])C1O. The summed E-state index contributed by atoms with van der Waals surface area (Å²) in [6.07, 6.45) is -4.22. The fourth-order valence-electron chi connectivity index (χ4n) is 3.15. The van der Waals surface area contributed by atoms with Gasteiger partial charge >= 0.3 is 24.1 Å². The van der Waals surface area contributed by atoms with Crippen LogP contribution in [0.4, 0.5) is 18.0 Å². The number of benzene rings is 1.